The van der Waals surface area contributed by atoms with Crippen LogP contribution in [0.15, 0.2) is 42.3 Å². The Balaban J connectivity index is 2.23. The highest BCUT2D eigenvalue weighted by molar-refractivity contribution is 5.46. The second-order valence-corrected chi connectivity index (χ2v) is 4.79. The predicted molar refractivity (Wildman–Crippen MR) is 81.2 cm³/mol. The van der Waals surface area contributed by atoms with E-state index in [1.54, 1.807) is 31.3 Å². The molecular weight excluding hydrogens is 264 g/mol. The minimum Gasteiger partial charge on any atom is -0.388 e. The number of aliphatic hydroxyl groups is 1. The fraction of sp³-hybridized carbons (Fsp3) is 0.312. The van der Waals surface area contributed by atoms with Crippen molar-refractivity contribution < 1.29 is 5.11 Å². The van der Waals surface area contributed by atoms with Gasteiger partial charge in [0.2, 0.25) is 5.95 Å². The first-order valence-electron chi connectivity index (χ1n) is 6.89. The Morgan fingerprint density at radius 3 is 3.10 bits per heavy atom. The molecule has 0 amide bonds. The molecule has 0 bridgehead atoms. The maximum Gasteiger partial charge on any atom is 0.227 e. The van der Waals surface area contributed by atoms with Crippen molar-refractivity contribution in [1.82, 2.24) is 9.97 Å². The molecule has 0 radical (unpaired) electrons. The maximum absolute atomic E-state index is 9.89. The van der Waals surface area contributed by atoms with E-state index in [0.717, 1.165) is 30.5 Å². The number of hydrogen-bond donors (Lipinski definition) is 2. The number of allylic oxidation sites excluding steroid dienone is 4. The van der Waals surface area contributed by atoms with E-state index >= 15 is 0 Å². The number of nitriles is 1. The van der Waals surface area contributed by atoms with Gasteiger partial charge in [0.05, 0.1) is 17.9 Å². The zero-order valence-electron chi connectivity index (χ0n) is 12.0. The van der Waals surface area contributed by atoms with E-state index < -0.39 is 6.10 Å². The van der Waals surface area contributed by atoms with E-state index in [0.29, 0.717) is 17.2 Å². The van der Waals surface area contributed by atoms with Crippen molar-refractivity contribution in [3.8, 4) is 6.07 Å². The predicted octanol–water partition coefficient (Wildman–Crippen LogP) is 2.80. The monoisotopic (exact) mass is 282 g/mol. The quantitative estimate of drug-likeness (QED) is 0.655. The van der Waals surface area contributed by atoms with Crippen LogP contribution in [-0.2, 0) is 6.42 Å². The number of hydrogen-bond acceptors (Lipinski definition) is 5. The van der Waals surface area contributed by atoms with E-state index in [4.69, 9.17) is 5.26 Å². The first-order valence-corrected chi connectivity index (χ1v) is 6.89. The van der Waals surface area contributed by atoms with Crippen molar-refractivity contribution in [2.45, 2.75) is 32.3 Å². The third-order valence-electron chi connectivity index (χ3n) is 3.38. The molecule has 2 rings (SSSR count). The van der Waals surface area contributed by atoms with Crippen LogP contribution in [0.4, 0.5) is 5.95 Å². The number of nitrogens with zero attached hydrogens (tertiary/aromatic N) is 3. The summed E-state index contributed by atoms with van der Waals surface area (Å²) in [5.74, 6) is 0.447. The van der Waals surface area contributed by atoms with E-state index in [-0.39, 0.29) is 0 Å². The minimum absolute atomic E-state index is 0.447. The summed E-state index contributed by atoms with van der Waals surface area (Å²) < 4.78 is 0. The molecule has 0 spiro atoms. The van der Waals surface area contributed by atoms with Gasteiger partial charge in [-0.3, -0.25) is 0 Å². The Morgan fingerprint density at radius 2 is 2.43 bits per heavy atom. The topological polar surface area (TPSA) is 81.8 Å². The summed E-state index contributed by atoms with van der Waals surface area (Å²) in [6.45, 7) is 5.51. The molecule has 0 saturated carbocycles. The Labute approximate surface area is 124 Å². The number of aromatic nitrogens is 2. The standard InChI is InChI=1S/C16H18N4O/c1-3-11(9-17)8-12(4-2)19-16-18-10-13-14(20-16)6-5-7-15(13)21/h3-4,8,10,15,21H,2,5-7H2,1H3,(H,18,19,20)/b11-3+,12-8+. The van der Waals surface area contributed by atoms with Crippen LogP contribution in [0.1, 0.15) is 37.1 Å². The summed E-state index contributed by atoms with van der Waals surface area (Å²) in [6.07, 6.45) is 8.73. The SMILES string of the molecule is C=C/C(=C\C(C#N)=C/C)Nc1ncc2c(n1)CCCC2O. The lowest BCUT2D eigenvalue weighted by Gasteiger charge is -2.20. The van der Waals surface area contributed by atoms with Gasteiger partial charge in [0.15, 0.2) is 0 Å². The van der Waals surface area contributed by atoms with Crippen LogP contribution in [0.5, 0.6) is 0 Å². The molecule has 0 fully saturated rings. The molecule has 5 nitrogen and oxygen atoms in total. The Bertz CT molecular complexity index is 640. The number of rotatable bonds is 4. The number of nitrogens with one attached hydrogen (secondary N) is 1. The first kappa shape index (κ1) is 14.9. The summed E-state index contributed by atoms with van der Waals surface area (Å²) >= 11 is 0. The number of anilines is 1. The second kappa shape index (κ2) is 6.82. The lowest BCUT2D eigenvalue weighted by molar-refractivity contribution is 0.155. The van der Waals surface area contributed by atoms with Crippen molar-refractivity contribution in [1.29, 1.82) is 5.26 Å². The van der Waals surface area contributed by atoms with E-state index in [1.807, 2.05) is 0 Å². The molecule has 1 aromatic heterocycles. The lowest BCUT2D eigenvalue weighted by atomic mass is 9.95. The molecule has 1 atom stereocenters. The van der Waals surface area contributed by atoms with Crippen LogP contribution in [0.25, 0.3) is 0 Å². The molecule has 1 aliphatic rings. The van der Waals surface area contributed by atoms with Gasteiger partial charge in [0.1, 0.15) is 0 Å². The molecule has 1 aliphatic carbocycles. The number of fused-ring (bicyclic) bond motifs is 1. The molecule has 0 saturated heterocycles. The van der Waals surface area contributed by atoms with Crippen molar-refractivity contribution in [2.75, 3.05) is 5.32 Å². The average molecular weight is 282 g/mol. The van der Waals surface area contributed by atoms with E-state index in [9.17, 15) is 5.11 Å². The number of aliphatic hydroxyl groups excluding tert-OH is 1. The van der Waals surface area contributed by atoms with Crippen molar-refractivity contribution in [3.63, 3.8) is 0 Å². The summed E-state index contributed by atoms with van der Waals surface area (Å²) in [5, 5.41) is 21.9. The van der Waals surface area contributed by atoms with Gasteiger partial charge in [-0.25, -0.2) is 9.97 Å². The Kier molecular flexibility index (Phi) is 4.85. The Morgan fingerprint density at radius 1 is 1.62 bits per heavy atom. The highest BCUT2D eigenvalue weighted by atomic mass is 16.3. The molecule has 1 heterocycles. The summed E-state index contributed by atoms with van der Waals surface area (Å²) in [7, 11) is 0. The van der Waals surface area contributed by atoms with Gasteiger partial charge in [-0.05, 0) is 38.3 Å². The van der Waals surface area contributed by atoms with Gasteiger partial charge in [-0.2, -0.15) is 5.26 Å². The third kappa shape index (κ3) is 3.56. The maximum atomic E-state index is 9.89. The highest BCUT2D eigenvalue weighted by Gasteiger charge is 2.19. The normalized spacial score (nSPS) is 18.6. The van der Waals surface area contributed by atoms with Crippen molar-refractivity contribution in [2.24, 2.45) is 0 Å². The molecule has 21 heavy (non-hydrogen) atoms. The van der Waals surface area contributed by atoms with E-state index in [2.05, 4.69) is 27.9 Å². The zero-order valence-corrected chi connectivity index (χ0v) is 12.0. The van der Waals surface area contributed by atoms with Crippen LogP contribution in [0.3, 0.4) is 0 Å². The largest absolute Gasteiger partial charge is 0.388 e. The minimum atomic E-state index is -0.467. The zero-order chi connectivity index (χ0) is 15.2. The van der Waals surface area contributed by atoms with Gasteiger partial charge >= 0.3 is 0 Å². The summed E-state index contributed by atoms with van der Waals surface area (Å²) in [6, 6.07) is 2.08. The molecule has 5 heteroatoms. The van der Waals surface area contributed by atoms with Crippen molar-refractivity contribution >= 4 is 5.95 Å². The van der Waals surface area contributed by atoms with Crippen LogP contribution < -0.4 is 5.32 Å². The molecular formula is C16H18N4O. The summed E-state index contributed by atoms with van der Waals surface area (Å²) in [5.41, 5.74) is 2.87. The van der Waals surface area contributed by atoms with Gasteiger partial charge in [0, 0.05) is 23.0 Å². The van der Waals surface area contributed by atoms with Gasteiger partial charge in [0.25, 0.3) is 0 Å². The molecule has 1 unspecified atom stereocenters. The fourth-order valence-corrected chi connectivity index (χ4v) is 2.21. The molecule has 0 aliphatic heterocycles. The van der Waals surface area contributed by atoms with Crippen LogP contribution in [0, 0.1) is 11.3 Å². The third-order valence-corrected chi connectivity index (χ3v) is 3.38. The molecule has 1 aromatic rings. The van der Waals surface area contributed by atoms with Gasteiger partial charge in [-0.1, -0.05) is 12.7 Å². The smallest absolute Gasteiger partial charge is 0.227 e. The second-order valence-electron chi connectivity index (χ2n) is 4.79. The van der Waals surface area contributed by atoms with Crippen LogP contribution in [-0.4, -0.2) is 15.1 Å². The molecule has 2 N–H and O–H groups in total. The fourth-order valence-electron chi connectivity index (χ4n) is 2.21. The Hall–Kier alpha value is -2.45. The van der Waals surface area contributed by atoms with E-state index in [1.165, 1.54) is 0 Å². The molecule has 0 aromatic carbocycles. The van der Waals surface area contributed by atoms with Gasteiger partial charge < -0.3 is 10.4 Å². The van der Waals surface area contributed by atoms with Crippen LogP contribution >= 0.6 is 0 Å². The number of aryl methyl sites for hydroxylation is 1. The highest BCUT2D eigenvalue weighted by Crippen LogP contribution is 2.28. The van der Waals surface area contributed by atoms with Gasteiger partial charge in [-0.15, -0.1) is 0 Å². The van der Waals surface area contributed by atoms with Crippen LogP contribution in [0.2, 0.25) is 0 Å². The van der Waals surface area contributed by atoms with Crippen molar-refractivity contribution in [3.05, 3.63) is 53.5 Å². The summed E-state index contributed by atoms with van der Waals surface area (Å²) in [4.78, 5) is 8.65. The molecule has 108 valence electrons. The first-order chi connectivity index (χ1) is 10.2. The average Bonchev–Trinajstić information content (AvgIpc) is 2.51. The lowest BCUT2D eigenvalue weighted by Crippen LogP contribution is -2.13.